The summed E-state index contributed by atoms with van der Waals surface area (Å²) in [6.07, 6.45) is 2.07. The summed E-state index contributed by atoms with van der Waals surface area (Å²) in [7, 11) is 0. The van der Waals surface area contributed by atoms with Gasteiger partial charge in [0.05, 0.1) is 12.3 Å². The molecule has 0 bridgehead atoms. The molecule has 0 radical (unpaired) electrons. The summed E-state index contributed by atoms with van der Waals surface area (Å²) in [5.74, 6) is 0.0498. The molecule has 2 aromatic rings. The van der Waals surface area contributed by atoms with Gasteiger partial charge in [0.15, 0.2) is 5.76 Å². The van der Waals surface area contributed by atoms with Gasteiger partial charge in [-0.15, -0.1) is 0 Å². The van der Waals surface area contributed by atoms with Crippen LogP contribution in [0.4, 0.5) is 11.4 Å². The van der Waals surface area contributed by atoms with Crippen molar-refractivity contribution in [3.8, 4) is 0 Å². The van der Waals surface area contributed by atoms with Crippen LogP contribution in [0.5, 0.6) is 0 Å². The lowest BCUT2D eigenvalue weighted by atomic mass is 10.0. The number of benzene rings is 1. The van der Waals surface area contributed by atoms with Crippen LogP contribution in [0.1, 0.15) is 30.8 Å². The Bertz CT molecular complexity index is 648. The largest absolute Gasteiger partial charge is 0.459 e. The quantitative estimate of drug-likeness (QED) is 0.763. The van der Waals surface area contributed by atoms with Crippen LogP contribution in [0.3, 0.4) is 0 Å². The van der Waals surface area contributed by atoms with Crippen molar-refractivity contribution in [2.75, 3.05) is 10.6 Å². The van der Waals surface area contributed by atoms with Gasteiger partial charge in [-0.1, -0.05) is 13.8 Å². The molecule has 1 aromatic heterocycles. The molecule has 122 valence electrons. The van der Waals surface area contributed by atoms with Crippen molar-refractivity contribution in [3.05, 3.63) is 48.4 Å². The number of carbonyl (C=O) groups excluding carboxylic acids is 2. The fraction of sp³-hybridized carbons (Fsp3) is 0.294. The van der Waals surface area contributed by atoms with Crippen molar-refractivity contribution in [2.45, 2.75) is 26.3 Å². The van der Waals surface area contributed by atoms with Crippen LogP contribution < -0.4 is 16.4 Å². The van der Waals surface area contributed by atoms with Crippen LogP contribution in [-0.4, -0.2) is 17.9 Å². The molecule has 2 rings (SSSR count). The number of anilines is 2. The van der Waals surface area contributed by atoms with E-state index in [1.165, 1.54) is 6.26 Å². The Labute approximate surface area is 135 Å². The molecule has 0 saturated carbocycles. The maximum atomic E-state index is 11.9. The van der Waals surface area contributed by atoms with E-state index in [0.717, 1.165) is 0 Å². The minimum Gasteiger partial charge on any atom is -0.459 e. The summed E-state index contributed by atoms with van der Waals surface area (Å²) >= 11 is 0. The fourth-order valence-electron chi connectivity index (χ4n) is 2.09. The van der Waals surface area contributed by atoms with E-state index in [1.807, 2.05) is 13.8 Å². The third kappa shape index (κ3) is 4.96. The molecule has 2 amide bonds. The van der Waals surface area contributed by atoms with Crippen molar-refractivity contribution in [1.29, 1.82) is 0 Å². The highest BCUT2D eigenvalue weighted by Crippen LogP contribution is 2.15. The van der Waals surface area contributed by atoms with Crippen LogP contribution in [-0.2, 0) is 4.79 Å². The molecule has 4 N–H and O–H groups in total. The predicted octanol–water partition coefficient (Wildman–Crippen LogP) is 2.84. The van der Waals surface area contributed by atoms with Crippen molar-refractivity contribution in [3.63, 3.8) is 0 Å². The number of rotatable bonds is 6. The van der Waals surface area contributed by atoms with E-state index in [1.54, 1.807) is 36.4 Å². The molecular weight excluding hydrogens is 294 g/mol. The lowest BCUT2D eigenvalue weighted by Crippen LogP contribution is -2.36. The summed E-state index contributed by atoms with van der Waals surface area (Å²) in [5.41, 5.74) is 7.07. The van der Waals surface area contributed by atoms with Crippen LogP contribution in [0, 0.1) is 5.92 Å². The van der Waals surface area contributed by atoms with E-state index in [4.69, 9.17) is 10.2 Å². The Morgan fingerprint density at radius 2 is 1.70 bits per heavy atom. The van der Waals surface area contributed by atoms with E-state index >= 15 is 0 Å². The van der Waals surface area contributed by atoms with Crippen molar-refractivity contribution in [1.82, 2.24) is 0 Å². The highest BCUT2D eigenvalue weighted by Gasteiger charge is 2.15. The number of hydrogen-bond donors (Lipinski definition) is 3. The minimum atomic E-state index is -0.534. The number of furan rings is 1. The van der Waals surface area contributed by atoms with Crippen LogP contribution >= 0.6 is 0 Å². The second-order valence-corrected chi connectivity index (χ2v) is 5.73. The predicted molar refractivity (Wildman–Crippen MR) is 89.2 cm³/mol. The van der Waals surface area contributed by atoms with Crippen LogP contribution in [0.2, 0.25) is 0 Å². The van der Waals surface area contributed by atoms with Crippen LogP contribution in [0.25, 0.3) is 0 Å². The first-order valence-electron chi connectivity index (χ1n) is 7.47. The van der Waals surface area contributed by atoms with Crippen molar-refractivity contribution >= 4 is 23.2 Å². The molecular formula is C17H21N3O3. The van der Waals surface area contributed by atoms with Gasteiger partial charge in [0, 0.05) is 11.4 Å². The van der Waals surface area contributed by atoms with Crippen LogP contribution in [0.15, 0.2) is 47.1 Å². The summed E-state index contributed by atoms with van der Waals surface area (Å²) in [6, 6.07) is 9.51. The van der Waals surface area contributed by atoms with Gasteiger partial charge in [-0.3, -0.25) is 9.59 Å². The monoisotopic (exact) mass is 315 g/mol. The maximum Gasteiger partial charge on any atom is 0.291 e. The van der Waals surface area contributed by atoms with Gasteiger partial charge in [-0.2, -0.15) is 0 Å². The van der Waals surface area contributed by atoms with Crippen molar-refractivity contribution in [2.24, 2.45) is 11.7 Å². The first-order chi connectivity index (χ1) is 11.0. The van der Waals surface area contributed by atoms with E-state index in [9.17, 15) is 9.59 Å². The summed E-state index contributed by atoms with van der Waals surface area (Å²) in [6.45, 7) is 4.03. The molecule has 1 heterocycles. The maximum absolute atomic E-state index is 11.9. The Kier molecular flexibility index (Phi) is 5.54. The SMILES string of the molecule is CC(C)C[C@H](N)C(=O)Nc1ccc(NC(=O)c2ccco2)cc1. The summed E-state index contributed by atoms with van der Waals surface area (Å²) in [4.78, 5) is 23.8. The molecule has 23 heavy (non-hydrogen) atoms. The average Bonchev–Trinajstić information content (AvgIpc) is 3.03. The first kappa shape index (κ1) is 16.8. The molecule has 0 fully saturated rings. The molecule has 0 aliphatic heterocycles. The zero-order valence-corrected chi connectivity index (χ0v) is 13.2. The second kappa shape index (κ2) is 7.60. The third-order valence-electron chi connectivity index (χ3n) is 3.22. The summed E-state index contributed by atoms with van der Waals surface area (Å²) < 4.78 is 5.02. The van der Waals surface area contributed by atoms with E-state index in [2.05, 4.69) is 10.6 Å². The Morgan fingerprint density at radius 1 is 1.09 bits per heavy atom. The van der Waals surface area contributed by atoms with Gasteiger partial charge in [-0.25, -0.2) is 0 Å². The number of nitrogens with two attached hydrogens (primary N) is 1. The smallest absolute Gasteiger partial charge is 0.291 e. The molecule has 0 aliphatic carbocycles. The molecule has 0 unspecified atom stereocenters. The Hall–Kier alpha value is -2.60. The third-order valence-corrected chi connectivity index (χ3v) is 3.22. The van der Waals surface area contributed by atoms with Gasteiger partial charge in [0.1, 0.15) is 0 Å². The Morgan fingerprint density at radius 3 is 2.22 bits per heavy atom. The molecule has 1 aromatic carbocycles. The number of nitrogens with one attached hydrogen (secondary N) is 2. The first-order valence-corrected chi connectivity index (χ1v) is 7.47. The normalized spacial score (nSPS) is 12.0. The minimum absolute atomic E-state index is 0.217. The van der Waals surface area contributed by atoms with E-state index in [-0.39, 0.29) is 17.6 Å². The topological polar surface area (TPSA) is 97.4 Å². The zero-order chi connectivity index (χ0) is 16.8. The highest BCUT2D eigenvalue weighted by atomic mass is 16.3. The molecule has 6 heteroatoms. The number of amides is 2. The lowest BCUT2D eigenvalue weighted by molar-refractivity contribution is -0.117. The number of hydrogen-bond acceptors (Lipinski definition) is 4. The van der Waals surface area contributed by atoms with Gasteiger partial charge < -0.3 is 20.8 Å². The van der Waals surface area contributed by atoms with Crippen molar-refractivity contribution < 1.29 is 14.0 Å². The van der Waals surface area contributed by atoms with E-state index < -0.39 is 6.04 Å². The standard InChI is InChI=1S/C17H21N3O3/c1-11(2)10-14(18)16(21)19-12-5-7-13(8-6-12)20-17(22)15-4-3-9-23-15/h3-9,11,14H,10,18H2,1-2H3,(H,19,21)(H,20,22)/t14-/m0/s1. The second-order valence-electron chi connectivity index (χ2n) is 5.73. The Balaban J connectivity index is 1.92. The molecule has 0 aliphatic rings. The molecule has 0 spiro atoms. The highest BCUT2D eigenvalue weighted by molar-refractivity contribution is 6.02. The average molecular weight is 315 g/mol. The molecule has 1 atom stereocenters. The number of carbonyl (C=O) groups is 2. The molecule has 0 saturated heterocycles. The fourth-order valence-corrected chi connectivity index (χ4v) is 2.09. The van der Waals surface area contributed by atoms with E-state index in [0.29, 0.717) is 23.7 Å². The van der Waals surface area contributed by atoms with Gasteiger partial charge in [0.2, 0.25) is 5.91 Å². The lowest BCUT2D eigenvalue weighted by Gasteiger charge is -2.14. The summed E-state index contributed by atoms with van der Waals surface area (Å²) in [5, 5.41) is 5.46. The molecule has 6 nitrogen and oxygen atoms in total. The zero-order valence-electron chi connectivity index (χ0n) is 13.2. The van der Waals surface area contributed by atoms with Gasteiger partial charge >= 0.3 is 0 Å². The van der Waals surface area contributed by atoms with Gasteiger partial charge in [-0.05, 0) is 48.7 Å². The van der Waals surface area contributed by atoms with Gasteiger partial charge in [0.25, 0.3) is 5.91 Å².